The Bertz CT molecular complexity index is 692. The molecule has 3 heterocycles. The quantitative estimate of drug-likeness (QED) is 0.833. The molecule has 19 heavy (non-hydrogen) atoms. The topological polar surface area (TPSA) is 64.3 Å². The Hall–Kier alpha value is -1.43. The lowest BCUT2D eigenvalue weighted by Crippen LogP contribution is -2.25. The minimum absolute atomic E-state index is 0.313. The zero-order chi connectivity index (χ0) is 13.5. The number of aromatic nitrogens is 3. The monoisotopic (exact) mass is 279 g/mol. The molecular weight excluding hydrogens is 262 g/mol. The van der Waals surface area contributed by atoms with Gasteiger partial charge in [0.2, 0.25) is 0 Å². The molecule has 0 aromatic carbocycles. The number of fused-ring (bicyclic) bond motifs is 1. The van der Waals surface area contributed by atoms with Crippen molar-refractivity contribution in [2.24, 2.45) is 5.92 Å². The molecule has 0 atom stereocenters. The van der Waals surface area contributed by atoms with Gasteiger partial charge in [-0.3, -0.25) is 4.40 Å². The van der Waals surface area contributed by atoms with Crippen LogP contribution in [0.5, 0.6) is 0 Å². The maximum Gasteiger partial charge on any atom is 0.160 e. The van der Waals surface area contributed by atoms with E-state index in [1.807, 2.05) is 29.7 Å². The van der Waals surface area contributed by atoms with E-state index >= 15 is 0 Å². The average Bonchev–Trinajstić information content (AvgIpc) is 2.75. The van der Waals surface area contributed by atoms with Crippen molar-refractivity contribution in [3.63, 3.8) is 0 Å². The van der Waals surface area contributed by atoms with E-state index in [0.717, 1.165) is 30.7 Å². The first-order chi connectivity index (χ1) is 9.03. The van der Waals surface area contributed by atoms with Gasteiger partial charge in [0, 0.05) is 12.6 Å². The summed E-state index contributed by atoms with van der Waals surface area (Å²) in [6.45, 7) is 2.04. The lowest BCUT2D eigenvalue weighted by molar-refractivity contribution is 0.452. The summed E-state index contributed by atoms with van der Waals surface area (Å²) in [4.78, 5) is 0. The van der Waals surface area contributed by atoms with Crippen LogP contribution in [0.3, 0.4) is 0 Å². The van der Waals surface area contributed by atoms with Gasteiger partial charge in [-0.25, -0.2) is 8.42 Å². The lowest BCUT2D eigenvalue weighted by atomic mass is 9.98. The van der Waals surface area contributed by atoms with Crippen LogP contribution >= 0.6 is 0 Å². The first-order valence-corrected chi connectivity index (χ1v) is 8.36. The molecule has 3 rings (SSSR count). The maximum absolute atomic E-state index is 11.4. The van der Waals surface area contributed by atoms with Crippen LogP contribution in [0.15, 0.2) is 18.3 Å². The Kier molecular flexibility index (Phi) is 3.05. The van der Waals surface area contributed by atoms with E-state index in [-0.39, 0.29) is 0 Å². The van der Waals surface area contributed by atoms with Crippen LogP contribution in [0.1, 0.15) is 24.2 Å². The first-order valence-electron chi connectivity index (χ1n) is 6.54. The molecule has 0 N–H and O–H groups in total. The van der Waals surface area contributed by atoms with E-state index < -0.39 is 9.84 Å². The van der Waals surface area contributed by atoms with E-state index in [1.165, 1.54) is 5.56 Å². The van der Waals surface area contributed by atoms with Crippen LogP contribution in [0.2, 0.25) is 0 Å². The van der Waals surface area contributed by atoms with Crippen LogP contribution in [0.25, 0.3) is 5.65 Å². The minimum Gasteiger partial charge on any atom is -0.286 e. The fourth-order valence-corrected chi connectivity index (χ4v) is 4.17. The normalized spacial score (nSPS) is 19.8. The van der Waals surface area contributed by atoms with Gasteiger partial charge >= 0.3 is 0 Å². The second-order valence-corrected chi connectivity index (χ2v) is 7.65. The Labute approximate surface area is 112 Å². The number of aryl methyl sites for hydroxylation is 1. The van der Waals surface area contributed by atoms with Crippen LogP contribution in [-0.4, -0.2) is 34.5 Å². The Morgan fingerprint density at radius 2 is 2.00 bits per heavy atom. The molecule has 1 aliphatic rings. The number of hydrogen-bond donors (Lipinski definition) is 0. The molecule has 0 unspecified atom stereocenters. The molecule has 0 radical (unpaired) electrons. The molecule has 5 nitrogen and oxygen atoms in total. The van der Waals surface area contributed by atoms with Gasteiger partial charge in [-0.1, -0.05) is 6.07 Å². The Morgan fingerprint density at radius 1 is 1.26 bits per heavy atom. The van der Waals surface area contributed by atoms with Crippen LogP contribution in [0, 0.1) is 12.8 Å². The van der Waals surface area contributed by atoms with Crippen molar-refractivity contribution in [3.05, 3.63) is 29.7 Å². The van der Waals surface area contributed by atoms with Crippen molar-refractivity contribution in [2.45, 2.75) is 26.2 Å². The third-order valence-corrected chi connectivity index (χ3v) is 5.48. The van der Waals surface area contributed by atoms with E-state index in [2.05, 4.69) is 10.2 Å². The summed E-state index contributed by atoms with van der Waals surface area (Å²) in [5, 5.41) is 8.38. The zero-order valence-electron chi connectivity index (χ0n) is 10.9. The highest BCUT2D eigenvalue weighted by Crippen LogP contribution is 2.22. The highest BCUT2D eigenvalue weighted by atomic mass is 32.2. The first kappa shape index (κ1) is 12.6. The standard InChI is InChI=1S/C13H17N3O2S/c1-10-2-3-12-14-15-13(16(12)9-10)8-11-4-6-19(17,18)7-5-11/h2-3,9,11H,4-8H2,1H3. The molecule has 1 fully saturated rings. The second-order valence-electron chi connectivity index (χ2n) is 5.35. The lowest BCUT2D eigenvalue weighted by Gasteiger charge is -2.20. The van der Waals surface area contributed by atoms with E-state index in [9.17, 15) is 8.42 Å². The molecule has 0 amide bonds. The van der Waals surface area contributed by atoms with Crippen molar-refractivity contribution in [1.82, 2.24) is 14.6 Å². The summed E-state index contributed by atoms with van der Waals surface area (Å²) in [6, 6.07) is 3.97. The zero-order valence-corrected chi connectivity index (χ0v) is 11.7. The minimum atomic E-state index is -2.79. The number of sulfone groups is 1. The third kappa shape index (κ3) is 2.63. The van der Waals surface area contributed by atoms with Gasteiger partial charge in [-0.15, -0.1) is 10.2 Å². The van der Waals surface area contributed by atoms with Gasteiger partial charge < -0.3 is 0 Å². The van der Waals surface area contributed by atoms with Gasteiger partial charge in [0.05, 0.1) is 11.5 Å². The predicted molar refractivity (Wildman–Crippen MR) is 72.8 cm³/mol. The summed E-state index contributed by atoms with van der Waals surface area (Å²) >= 11 is 0. The van der Waals surface area contributed by atoms with Crippen LogP contribution < -0.4 is 0 Å². The predicted octanol–water partition coefficient (Wildman–Crippen LogP) is 1.41. The molecule has 0 aliphatic carbocycles. The molecular formula is C13H17N3O2S. The van der Waals surface area contributed by atoms with Gasteiger partial charge in [-0.05, 0) is 37.3 Å². The van der Waals surface area contributed by atoms with Crippen LogP contribution in [0.4, 0.5) is 0 Å². The number of rotatable bonds is 2. The molecule has 2 aromatic heterocycles. The number of pyridine rings is 1. The Morgan fingerprint density at radius 3 is 2.74 bits per heavy atom. The van der Waals surface area contributed by atoms with Crippen molar-refractivity contribution in [1.29, 1.82) is 0 Å². The Balaban J connectivity index is 1.80. The van der Waals surface area contributed by atoms with E-state index in [0.29, 0.717) is 17.4 Å². The van der Waals surface area contributed by atoms with Crippen molar-refractivity contribution >= 4 is 15.5 Å². The number of nitrogens with zero attached hydrogens (tertiary/aromatic N) is 3. The summed E-state index contributed by atoms with van der Waals surface area (Å²) in [5.74, 6) is 1.96. The molecule has 0 spiro atoms. The van der Waals surface area contributed by atoms with Crippen molar-refractivity contribution < 1.29 is 8.42 Å². The second kappa shape index (κ2) is 4.59. The SMILES string of the molecule is Cc1ccc2nnc(CC3CCS(=O)(=O)CC3)n2c1. The van der Waals surface area contributed by atoms with E-state index in [1.54, 1.807) is 0 Å². The van der Waals surface area contributed by atoms with Crippen molar-refractivity contribution in [3.8, 4) is 0 Å². The summed E-state index contributed by atoms with van der Waals surface area (Å²) < 4.78 is 24.9. The van der Waals surface area contributed by atoms with Gasteiger partial charge in [0.15, 0.2) is 5.65 Å². The van der Waals surface area contributed by atoms with Crippen LogP contribution in [-0.2, 0) is 16.3 Å². The molecule has 0 bridgehead atoms. The summed E-state index contributed by atoms with van der Waals surface area (Å²) in [6.07, 6.45) is 4.32. The average molecular weight is 279 g/mol. The molecule has 102 valence electrons. The maximum atomic E-state index is 11.4. The smallest absolute Gasteiger partial charge is 0.160 e. The van der Waals surface area contributed by atoms with Gasteiger partial charge in [0.25, 0.3) is 0 Å². The fourth-order valence-electron chi connectivity index (χ4n) is 2.58. The van der Waals surface area contributed by atoms with E-state index in [4.69, 9.17) is 0 Å². The highest BCUT2D eigenvalue weighted by molar-refractivity contribution is 7.91. The largest absolute Gasteiger partial charge is 0.286 e. The fraction of sp³-hybridized carbons (Fsp3) is 0.538. The molecule has 6 heteroatoms. The molecule has 1 saturated heterocycles. The molecule has 2 aromatic rings. The van der Waals surface area contributed by atoms with Crippen molar-refractivity contribution in [2.75, 3.05) is 11.5 Å². The highest BCUT2D eigenvalue weighted by Gasteiger charge is 2.24. The molecule has 0 saturated carbocycles. The summed E-state index contributed by atoms with van der Waals surface area (Å²) in [7, 11) is -2.79. The van der Waals surface area contributed by atoms with Gasteiger partial charge in [-0.2, -0.15) is 0 Å². The number of hydrogen-bond acceptors (Lipinski definition) is 4. The third-order valence-electron chi connectivity index (χ3n) is 3.77. The van der Waals surface area contributed by atoms with Gasteiger partial charge in [0.1, 0.15) is 15.7 Å². The summed E-state index contributed by atoms with van der Waals surface area (Å²) in [5.41, 5.74) is 2.02. The molecule has 1 aliphatic heterocycles.